The van der Waals surface area contributed by atoms with Crippen LogP contribution >= 0.6 is 0 Å². The number of ether oxygens (including phenoxy) is 1. The third-order valence-electron chi connectivity index (χ3n) is 6.31. The van der Waals surface area contributed by atoms with E-state index in [1.807, 2.05) is 17.7 Å². The number of nitrogens with one attached hydrogen (secondary N) is 1. The van der Waals surface area contributed by atoms with Gasteiger partial charge in [0.1, 0.15) is 28.7 Å². The second-order valence-corrected chi connectivity index (χ2v) is 8.42. The summed E-state index contributed by atoms with van der Waals surface area (Å²) < 4.78 is 23.1. The highest BCUT2D eigenvalue weighted by molar-refractivity contribution is 5.89. The number of para-hydroxylation sites is 1. The molecule has 5 rings (SSSR count). The average molecular weight is 424 g/mol. The summed E-state index contributed by atoms with van der Waals surface area (Å²) in [5, 5.41) is 7.80. The fourth-order valence-electron chi connectivity index (χ4n) is 4.52. The summed E-state index contributed by atoms with van der Waals surface area (Å²) in [4.78, 5) is 18.2. The highest BCUT2D eigenvalue weighted by Gasteiger charge is 2.48. The maximum absolute atomic E-state index is 13.9. The van der Waals surface area contributed by atoms with Crippen LogP contribution in [0.2, 0.25) is 0 Å². The van der Waals surface area contributed by atoms with Crippen LogP contribution in [0.15, 0.2) is 49.1 Å². The molecule has 1 N–H and O–H groups in total. The summed E-state index contributed by atoms with van der Waals surface area (Å²) in [6, 6.07) is 8.42. The van der Waals surface area contributed by atoms with Crippen molar-refractivity contribution >= 4 is 17.7 Å². The Balaban J connectivity index is 1.16. The van der Waals surface area contributed by atoms with E-state index in [0.717, 1.165) is 43.9 Å². The zero-order chi connectivity index (χ0) is 21.4. The largest absolute Gasteiger partial charge is 0.441 e. The predicted molar refractivity (Wildman–Crippen MR) is 114 cm³/mol. The van der Waals surface area contributed by atoms with Crippen LogP contribution in [0, 0.1) is 11.7 Å². The van der Waals surface area contributed by atoms with Crippen LogP contribution in [-0.4, -0.2) is 44.1 Å². The van der Waals surface area contributed by atoms with Crippen molar-refractivity contribution in [1.29, 1.82) is 0 Å². The van der Waals surface area contributed by atoms with Crippen molar-refractivity contribution in [3.05, 3.63) is 54.9 Å². The van der Waals surface area contributed by atoms with Gasteiger partial charge in [-0.25, -0.2) is 18.9 Å². The van der Waals surface area contributed by atoms with Gasteiger partial charge in [0.05, 0.1) is 19.1 Å². The minimum atomic E-state index is -0.412. The maximum Gasteiger partial charge on any atom is 0.416 e. The van der Waals surface area contributed by atoms with Gasteiger partial charge in [-0.1, -0.05) is 12.1 Å². The Morgan fingerprint density at radius 2 is 2.06 bits per heavy atom. The molecule has 2 fully saturated rings. The molecule has 1 aliphatic carbocycles. The highest BCUT2D eigenvalue weighted by Crippen LogP contribution is 2.40. The zero-order valence-corrected chi connectivity index (χ0v) is 17.4. The van der Waals surface area contributed by atoms with Gasteiger partial charge in [0.25, 0.3) is 0 Å². The summed E-state index contributed by atoms with van der Waals surface area (Å²) in [5.41, 5.74) is 0.0146. The van der Waals surface area contributed by atoms with E-state index in [2.05, 4.69) is 15.4 Å². The Kier molecular flexibility index (Phi) is 4.88. The molecule has 3 aromatic rings. The van der Waals surface area contributed by atoms with Gasteiger partial charge in [0, 0.05) is 25.9 Å². The molecule has 1 aromatic carbocycles. The topological polar surface area (TPSA) is 77.2 Å². The molecule has 8 nitrogen and oxygen atoms in total. The molecule has 162 valence electrons. The van der Waals surface area contributed by atoms with Gasteiger partial charge in [0.2, 0.25) is 0 Å². The highest BCUT2D eigenvalue weighted by atomic mass is 19.1. The van der Waals surface area contributed by atoms with Crippen LogP contribution in [0.3, 0.4) is 0 Å². The summed E-state index contributed by atoms with van der Waals surface area (Å²) >= 11 is 0. The minimum absolute atomic E-state index is 0.293. The molecule has 3 heterocycles. The number of aryl methyl sites for hydroxylation is 1. The molecule has 1 saturated carbocycles. The summed E-state index contributed by atoms with van der Waals surface area (Å²) in [6.07, 6.45) is 8.44. The van der Waals surface area contributed by atoms with Gasteiger partial charge in [-0.3, -0.25) is 4.90 Å². The Labute approximate surface area is 179 Å². The minimum Gasteiger partial charge on any atom is -0.441 e. The molecule has 2 aliphatic rings. The van der Waals surface area contributed by atoms with Crippen LogP contribution < -0.4 is 10.2 Å². The SMILES string of the molecule is Cn1cncc1N1C[C@]2(CC[C@@H](CNc3ccn(-c4ccccc4F)n3)CC2)OC1=O. The van der Waals surface area contributed by atoms with E-state index < -0.39 is 5.60 Å². The molecule has 0 atom stereocenters. The van der Waals surface area contributed by atoms with Gasteiger partial charge in [-0.2, -0.15) is 5.10 Å². The Bertz CT molecular complexity index is 1090. The van der Waals surface area contributed by atoms with Crippen LogP contribution in [0.1, 0.15) is 25.7 Å². The van der Waals surface area contributed by atoms with Crippen LogP contribution in [0.5, 0.6) is 0 Å². The molecular formula is C22H25FN6O2. The summed E-state index contributed by atoms with van der Waals surface area (Å²) in [5.74, 6) is 1.64. The van der Waals surface area contributed by atoms with Crippen molar-refractivity contribution in [1.82, 2.24) is 19.3 Å². The standard InChI is InChI=1S/C22H25FN6O2/c1-27-15-24-13-20(27)28-14-22(31-21(28)30)9-6-16(7-10-22)12-25-19-8-11-29(26-19)18-5-3-2-4-17(18)23/h2-5,8,11,13,15-16H,6-7,9-10,12,14H2,1H3,(H,25,26)/t16-,22-. The van der Waals surface area contributed by atoms with Gasteiger partial charge in [-0.15, -0.1) is 0 Å². The molecular weight excluding hydrogens is 399 g/mol. The van der Waals surface area contributed by atoms with E-state index in [9.17, 15) is 9.18 Å². The van der Waals surface area contributed by atoms with Crippen LogP contribution in [0.25, 0.3) is 5.69 Å². The number of nitrogens with zero attached hydrogens (tertiary/aromatic N) is 5. The number of benzene rings is 1. The quantitative estimate of drug-likeness (QED) is 0.675. The maximum atomic E-state index is 13.9. The molecule has 1 saturated heterocycles. The number of hydrogen-bond donors (Lipinski definition) is 1. The van der Waals surface area contributed by atoms with E-state index in [1.165, 1.54) is 6.07 Å². The van der Waals surface area contributed by atoms with Crippen molar-refractivity contribution in [2.75, 3.05) is 23.3 Å². The van der Waals surface area contributed by atoms with Crippen molar-refractivity contribution in [3.8, 4) is 5.69 Å². The fraction of sp³-hybridized carbons (Fsp3) is 0.409. The number of carbonyl (C=O) groups is 1. The smallest absolute Gasteiger partial charge is 0.416 e. The van der Waals surface area contributed by atoms with Crippen molar-refractivity contribution in [3.63, 3.8) is 0 Å². The summed E-state index contributed by atoms with van der Waals surface area (Å²) in [6.45, 7) is 1.35. The molecule has 0 bridgehead atoms. The van der Waals surface area contributed by atoms with Crippen LogP contribution in [-0.2, 0) is 11.8 Å². The van der Waals surface area contributed by atoms with E-state index in [1.54, 1.807) is 46.5 Å². The van der Waals surface area contributed by atoms with Gasteiger partial charge in [-0.05, 0) is 43.7 Å². The summed E-state index contributed by atoms with van der Waals surface area (Å²) in [7, 11) is 1.87. The van der Waals surface area contributed by atoms with Crippen LogP contribution in [0.4, 0.5) is 20.8 Å². The number of anilines is 2. The Morgan fingerprint density at radius 3 is 2.81 bits per heavy atom. The van der Waals surface area contributed by atoms with E-state index in [4.69, 9.17) is 4.74 Å². The Morgan fingerprint density at radius 1 is 1.26 bits per heavy atom. The lowest BCUT2D eigenvalue weighted by molar-refractivity contribution is 0.0148. The second kappa shape index (κ2) is 7.72. The third kappa shape index (κ3) is 3.75. The number of rotatable bonds is 5. The van der Waals surface area contributed by atoms with Crippen molar-refractivity contribution < 1.29 is 13.9 Å². The number of aromatic nitrogens is 4. The molecule has 9 heteroatoms. The number of halogens is 1. The number of imidazole rings is 1. The lowest BCUT2D eigenvalue weighted by Crippen LogP contribution is -2.40. The first-order valence-electron chi connectivity index (χ1n) is 10.5. The first-order valence-corrected chi connectivity index (χ1v) is 10.5. The average Bonchev–Trinajstić information content (AvgIpc) is 3.47. The number of amides is 1. The number of carbonyl (C=O) groups excluding carboxylic acids is 1. The molecule has 31 heavy (non-hydrogen) atoms. The molecule has 0 unspecified atom stereocenters. The molecule has 1 spiro atoms. The fourth-order valence-corrected chi connectivity index (χ4v) is 4.52. The second-order valence-electron chi connectivity index (χ2n) is 8.42. The van der Waals surface area contributed by atoms with E-state index in [-0.39, 0.29) is 11.9 Å². The Hall–Kier alpha value is -3.36. The zero-order valence-electron chi connectivity index (χ0n) is 17.4. The molecule has 2 aromatic heterocycles. The third-order valence-corrected chi connectivity index (χ3v) is 6.31. The molecule has 1 aliphatic heterocycles. The lowest BCUT2D eigenvalue weighted by Gasteiger charge is -2.35. The van der Waals surface area contributed by atoms with Crippen molar-refractivity contribution in [2.45, 2.75) is 31.3 Å². The molecule has 0 radical (unpaired) electrons. The van der Waals surface area contributed by atoms with Crippen molar-refractivity contribution in [2.24, 2.45) is 13.0 Å². The van der Waals surface area contributed by atoms with E-state index in [0.29, 0.717) is 18.2 Å². The van der Waals surface area contributed by atoms with Gasteiger partial charge >= 0.3 is 6.09 Å². The lowest BCUT2D eigenvalue weighted by atomic mass is 9.78. The predicted octanol–water partition coefficient (Wildman–Crippen LogP) is 3.74. The first kappa shape index (κ1) is 19.6. The monoisotopic (exact) mass is 424 g/mol. The molecule has 1 amide bonds. The van der Waals surface area contributed by atoms with Gasteiger partial charge in [0.15, 0.2) is 0 Å². The normalized spacial score (nSPS) is 23.4. The van der Waals surface area contributed by atoms with E-state index >= 15 is 0 Å². The van der Waals surface area contributed by atoms with Gasteiger partial charge < -0.3 is 14.6 Å². The number of hydrogen-bond acceptors (Lipinski definition) is 5. The first-order chi connectivity index (χ1) is 15.0.